The molecule has 104 valence electrons. The van der Waals surface area contributed by atoms with Gasteiger partial charge >= 0.3 is 5.97 Å². The highest BCUT2D eigenvalue weighted by Gasteiger charge is 2.10. The predicted octanol–water partition coefficient (Wildman–Crippen LogP) is 4.74. The van der Waals surface area contributed by atoms with Gasteiger partial charge in [-0.3, -0.25) is 0 Å². The van der Waals surface area contributed by atoms with Crippen LogP contribution in [0.2, 0.25) is 5.02 Å². The third kappa shape index (κ3) is 3.01. The van der Waals surface area contributed by atoms with Gasteiger partial charge in [0.05, 0.1) is 16.1 Å². The lowest BCUT2D eigenvalue weighted by Gasteiger charge is -2.05. The standard InChI is InChI=1S/C16H10ClNO2S/c17-13-7-6-11(9-12(13)16(19)20)21-15-8-5-10-3-1-2-4-14(10)18-15/h1-9H,(H,19,20). The molecule has 5 heteroatoms. The predicted molar refractivity (Wildman–Crippen MR) is 84.3 cm³/mol. The van der Waals surface area contributed by atoms with Crippen molar-refractivity contribution in [3.63, 3.8) is 0 Å². The van der Waals surface area contributed by atoms with Crippen LogP contribution in [-0.2, 0) is 0 Å². The molecule has 1 heterocycles. The number of nitrogens with zero attached hydrogens (tertiary/aromatic N) is 1. The molecule has 3 nitrogen and oxygen atoms in total. The average Bonchev–Trinajstić information content (AvgIpc) is 2.49. The van der Waals surface area contributed by atoms with Crippen LogP contribution in [0.3, 0.4) is 0 Å². The summed E-state index contributed by atoms with van der Waals surface area (Å²) in [6.07, 6.45) is 0. The minimum Gasteiger partial charge on any atom is -0.478 e. The van der Waals surface area contributed by atoms with Crippen LogP contribution in [0.4, 0.5) is 0 Å². The number of hydrogen-bond donors (Lipinski definition) is 1. The summed E-state index contributed by atoms with van der Waals surface area (Å²) in [5.41, 5.74) is 1.01. The number of carboxylic acid groups (broad SMARTS) is 1. The smallest absolute Gasteiger partial charge is 0.337 e. The van der Waals surface area contributed by atoms with Gasteiger partial charge in [-0.1, -0.05) is 47.6 Å². The van der Waals surface area contributed by atoms with Crippen molar-refractivity contribution in [2.45, 2.75) is 9.92 Å². The van der Waals surface area contributed by atoms with Crippen LogP contribution in [0.1, 0.15) is 10.4 Å². The molecule has 1 aromatic heterocycles. The van der Waals surface area contributed by atoms with Crippen molar-refractivity contribution in [1.29, 1.82) is 0 Å². The summed E-state index contributed by atoms with van der Waals surface area (Å²) < 4.78 is 0. The van der Waals surface area contributed by atoms with Crippen LogP contribution in [0.5, 0.6) is 0 Å². The number of para-hydroxylation sites is 1. The third-order valence-electron chi connectivity index (χ3n) is 2.96. The minimum atomic E-state index is -1.03. The van der Waals surface area contributed by atoms with Crippen molar-refractivity contribution in [2.24, 2.45) is 0 Å². The Morgan fingerprint density at radius 1 is 1.10 bits per heavy atom. The van der Waals surface area contributed by atoms with Gasteiger partial charge < -0.3 is 5.11 Å². The van der Waals surface area contributed by atoms with Crippen molar-refractivity contribution >= 4 is 40.2 Å². The zero-order chi connectivity index (χ0) is 14.8. The number of hydrogen-bond acceptors (Lipinski definition) is 3. The molecule has 0 radical (unpaired) electrons. The van der Waals surface area contributed by atoms with E-state index >= 15 is 0 Å². The van der Waals surface area contributed by atoms with Crippen molar-refractivity contribution < 1.29 is 9.90 Å². The van der Waals surface area contributed by atoms with Gasteiger partial charge in [-0.2, -0.15) is 0 Å². The van der Waals surface area contributed by atoms with Gasteiger partial charge in [-0.25, -0.2) is 9.78 Å². The highest BCUT2D eigenvalue weighted by atomic mass is 35.5. The molecule has 0 aliphatic carbocycles. The second-order valence-corrected chi connectivity index (χ2v) is 5.89. The Kier molecular flexibility index (Phi) is 3.82. The molecule has 0 spiro atoms. The number of aromatic nitrogens is 1. The summed E-state index contributed by atoms with van der Waals surface area (Å²) in [6, 6.07) is 16.7. The number of benzene rings is 2. The molecule has 1 N–H and O–H groups in total. The molecular formula is C16H10ClNO2S. The van der Waals surface area contributed by atoms with Crippen LogP contribution in [0, 0.1) is 0 Å². The molecule has 0 saturated heterocycles. The van der Waals surface area contributed by atoms with E-state index in [4.69, 9.17) is 16.7 Å². The van der Waals surface area contributed by atoms with Gasteiger partial charge in [0.1, 0.15) is 5.03 Å². The highest BCUT2D eigenvalue weighted by molar-refractivity contribution is 7.99. The second kappa shape index (κ2) is 5.76. The Morgan fingerprint density at radius 3 is 2.71 bits per heavy atom. The Bertz CT molecular complexity index is 835. The molecule has 3 rings (SSSR count). The number of carbonyl (C=O) groups is 1. The number of carboxylic acids is 1. The molecule has 0 aliphatic heterocycles. The van der Waals surface area contributed by atoms with E-state index in [0.29, 0.717) is 0 Å². The lowest BCUT2D eigenvalue weighted by molar-refractivity contribution is 0.0697. The maximum atomic E-state index is 11.1. The zero-order valence-electron chi connectivity index (χ0n) is 10.8. The normalized spacial score (nSPS) is 10.7. The quantitative estimate of drug-likeness (QED) is 0.758. The summed E-state index contributed by atoms with van der Waals surface area (Å²) in [6.45, 7) is 0. The lowest BCUT2D eigenvalue weighted by Crippen LogP contribution is -1.97. The van der Waals surface area contributed by atoms with Crippen LogP contribution in [0.25, 0.3) is 10.9 Å². The number of halogens is 1. The number of pyridine rings is 1. The molecule has 0 amide bonds. The monoisotopic (exact) mass is 315 g/mol. The number of aromatic carboxylic acids is 1. The zero-order valence-corrected chi connectivity index (χ0v) is 12.4. The van der Waals surface area contributed by atoms with Crippen molar-refractivity contribution in [3.05, 3.63) is 65.2 Å². The Balaban J connectivity index is 1.94. The fourth-order valence-electron chi connectivity index (χ4n) is 1.96. The molecule has 0 bridgehead atoms. The molecule has 21 heavy (non-hydrogen) atoms. The average molecular weight is 316 g/mol. The first kappa shape index (κ1) is 13.9. The van der Waals surface area contributed by atoms with Gasteiger partial charge in [0.25, 0.3) is 0 Å². The van der Waals surface area contributed by atoms with E-state index in [1.54, 1.807) is 18.2 Å². The number of fused-ring (bicyclic) bond motifs is 1. The van der Waals surface area contributed by atoms with E-state index < -0.39 is 5.97 Å². The summed E-state index contributed by atoms with van der Waals surface area (Å²) in [5.74, 6) is -1.03. The first-order valence-electron chi connectivity index (χ1n) is 6.20. The van der Waals surface area contributed by atoms with Gasteiger partial charge in [0.15, 0.2) is 0 Å². The van der Waals surface area contributed by atoms with Crippen molar-refractivity contribution in [3.8, 4) is 0 Å². The largest absolute Gasteiger partial charge is 0.478 e. The SMILES string of the molecule is O=C(O)c1cc(Sc2ccc3ccccc3n2)ccc1Cl. The van der Waals surface area contributed by atoms with E-state index in [1.807, 2.05) is 36.4 Å². The third-order valence-corrected chi connectivity index (χ3v) is 4.22. The molecule has 0 fully saturated rings. The van der Waals surface area contributed by atoms with Gasteiger partial charge in [-0.15, -0.1) is 0 Å². The van der Waals surface area contributed by atoms with Gasteiger partial charge in [0.2, 0.25) is 0 Å². The lowest BCUT2D eigenvalue weighted by atomic mass is 10.2. The molecule has 2 aromatic carbocycles. The molecule has 0 saturated carbocycles. The van der Waals surface area contributed by atoms with Crippen LogP contribution >= 0.6 is 23.4 Å². The Morgan fingerprint density at radius 2 is 1.90 bits per heavy atom. The molecule has 0 unspecified atom stereocenters. The van der Waals surface area contributed by atoms with Crippen LogP contribution in [-0.4, -0.2) is 16.1 Å². The van der Waals surface area contributed by atoms with Crippen LogP contribution < -0.4 is 0 Å². The molecule has 0 atom stereocenters. The van der Waals surface area contributed by atoms with E-state index in [2.05, 4.69) is 4.98 Å². The van der Waals surface area contributed by atoms with Crippen molar-refractivity contribution in [2.75, 3.05) is 0 Å². The summed E-state index contributed by atoms with van der Waals surface area (Å²) in [4.78, 5) is 16.4. The Hall–Kier alpha value is -2.04. The van der Waals surface area contributed by atoms with E-state index in [0.717, 1.165) is 20.8 Å². The fourth-order valence-corrected chi connectivity index (χ4v) is 2.99. The fraction of sp³-hybridized carbons (Fsp3) is 0. The molecular weight excluding hydrogens is 306 g/mol. The molecule has 0 aliphatic rings. The number of rotatable bonds is 3. The Labute approximate surface area is 130 Å². The van der Waals surface area contributed by atoms with Crippen molar-refractivity contribution in [1.82, 2.24) is 4.98 Å². The summed E-state index contributed by atoms with van der Waals surface area (Å²) in [5, 5.41) is 11.2. The van der Waals surface area contributed by atoms with E-state index in [-0.39, 0.29) is 10.6 Å². The maximum absolute atomic E-state index is 11.1. The first-order chi connectivity index (χ1) is 10.1. The van der Waals surface area contributed by atoms with Gasteiger partial charge in [-0.05, 0) is 30.3 Å². The minimum absolute atomic E-state index is 0.0995. The topological polar surface area (TPSA) is 50.2 Å². The highest BCUT2D eigenvalue weighted by Crippen LogP contribution is 2.30. The van der Waals surface area contributed by atoms with E-state index in [1.165, 1.54) is 11.8 Å². The van der Waals surface area contributed by atoms with E-state index in [9.17, 15) is 4.79 Å². The summed E-state index contributed by atoms with van der Waals surface area (Å²) in [7, 11) is 0. The molecule has 3 aromatic rings. The second-order valence-electron chi connectivity index (χ2n) is 4.39. The first-order valence-corrected chi connectivity index (χ1v) is 7.39. The van der Waals surface area contributed by atoms with Crippen LogP contribution in [0.15, 0.2) is 64.5 Å². The maximum Gasteiger partial charge on any atom is 0.337 e. The van der Waals surface area contributed by atoms with Gasteiger partial charge in [0, 0.05) is 10.3 Å². The summed E-state index contributed by atoms with van der Waals surface area (Å²) >= 11 is 7.28.